The van der Waals surface area contributed by atoms with Gasteiger partial charge in [-0.05, 0) is 29.8 Å². The van der Waals surface area contributed by atoms with E-state index in [2.05, 4.69) is 33.4 Å². The molecule has 1 N–H and O–H groups in total. The molecule has 0 spiro atoms. The number of fused-ring (bicyclic) bond motifs is 1. The summed E-state index contributed by atoms with van der Waals surface area (Å²) in [5, 5.41) is 3.39. The van der Waals surface area contributed by atoms with E-state index >= 15 is 0 Å². The molecule has 2 aromatic rings. The van der Waals surface area contributed by atoms with Crippen LogP contribution in [0.15, 0.2) is 53.0 Å². The van der Waals surface area contributed by atoms with E-state index < -0.39 is 0 Å². The predicted molar refractivity (Wildman–Crippen MR) is 79.7 cm³/mol. The maximum absolute atomic E-state index is 5.98. The van der Waals surface area contributed by atoms with Crippen molar-refractivity contribution in [1.29, 1.82) is 0 Å². The Bertz CT molecular complexity index is 530. The first-order chi connectivity index (χ1) is 8.33. The van der Waals surface area contributed by atoms with Gasteiger partial charge in [0.25, 0.3) is 0 Å². The molecular formula is C14H13BrClNO. The first-order valence-electron chi connectivity index (χ1n) is 5.58. The third kappa shape index (κ3) is 2.62. The van der Waals surface area contributed by atoms with Crippen molar-refractivity contribution >= 4 is 34.0 Å². The van der Waals surface area contributed by atoms with Crippen LogP contribution in [-0.2, 0) is 0 Å². The first kappa shape index (κ1) is 13.2. The van der Waals surface area contributed by atoms with Crippen LogP contribution in [0, 0.1) is 0 Å². The Morgan fingerprint density at radius 3 is 2.56 bits per heavy atom. The minimum Gasteiger partial charge on any atom is -0.482 e. The number of hydrogen-bond acceptors (Lipinski definition) is 2. The lowest BCUT2D eigenvalue weighted by atomic mass is 10.1. The van der Waals surface area contributed by atoms with Crippen molar-refractivity contribution in [1.82, 2.24) is 0 Å². The van der Waals surface area contributed by atoms with E-state index in [4.69, 9.17) is 4.74 Å². The molecule has 1 heterocycles. The second-order valence-corrected chi connectivity index (χ2v) is 4.95. The number of hydrogen-bond donors (Lipinski definition) is 1. The zero-order valence-electron chi connectivity index (χ0n) is 9.60. The molecule has 0 amide bonds. The van der Waals surface area contributed by atoms with Crippen molar-refractivity contribution in [2.75, 3.05) is 11.9 Å². The molecule has 0 aromatic heterocycles. The Balaban J connectivity index is 0.00000120. The average molecular weight is 327 g/mol. The van der Waals surface area contributed by atoms with Crippen LogP contribution in [-0.4, -0.2) is 6.54 Å². The normalized spacial score (nSPS) is 16.8. The number of rotatable bonds is 1. The van der Waals surface area contributed by atoms with Crippen molar-refractivity contribution in [3.63, 3.8) is 0 Å². The molecule has 2 nitrogen and oxygen atoms in total. The third-order valence-electron chi connectivity index (χ3n) is 2.88. The van der Waals surface area contributed by atoms with Crippen LogP contribution in [0.25, 0.3) is 0 Å². The van der Waals surface area contributed by atoms with Crippen LogP contribution in [0.4, 0.5) is 5.69 Å². The second-order valence-electron chi connectivity index (χ2n) is 4.04. The average Bonchev–Trinajstić information content (AvgIpc) is 2.39. The molecule has 4 heteroatoms. The van der Waals surface area contributed by atoms with Crippen LogP contribution in [0.1, 0.15) is 11.7 Å². The molecule has 0 bridgehead atoms. The Hall–Kier alpha value is -1.19. The topological polar surface area (TPSA) is 21.3 Å². The first-order valence-corrected chi connectivity index (χ1v) is 6.37. The molecule has 0 fully saturated rings. The van der Waals surface area contributed by atoms with Crippen LogP contribution in [0.2, 0.25) is 0 Å². The quantitative estimate of drug-likeness (QED) is 0.838. The van der Waals surface area contributed by atoms with Gasteiger partial charge in [-0.2, -0.15) is 0 Å². The number of para-hydroxylation sites is 2. The van der Waals surface area contributed by atoms with Gasteiger partial charge < -0.3 is 10.1 Å². The molecule has 0 saturated heterocycles. The number of anilines is 1. The minimum absolute atomic E-state index is 0. The van der Waals surface area contributed by atoms with Crippen LogP contribution >= 0.6 is 28.3 Å². The van der Waals surface area contributed by atoms with Gasteiger partial charge in [0, 0.05) is 4.47 Å². The molecule has 0 radical (unpaired) electrons. The maximum atomic E-state index is 5.98. The molecule has 1 atom stereocenters. The van der Waals surface area contributed by atoms with Crippen LogP contribution in [0.5, 0.6) is 5.75 Å². The fourth-order valence-corrected chi connectivity index (χ4v) is 2.24. The summed E-state index contributed by atoms with van der Waals surface area (Å²) in [6, 6.07) is 16.3. The van der Waals surface area contributed by atoms with Gasteiger partial charge in [-0.25, -0.2) is 0 Å². The van der Waals surface area contributed by atoms with Crippen molar-refractivity contribution < 1.29 is 4.74 Å². The van der Waals surface area contributed by atoms with Gasteiger partial charge in [0.05, 0.1) is 12.2 Å². The standard InChI is InChI=1S/C14H12BrNO.ClH/c15-11-7-5-10(6-8-11)14-9-16-12-3-1-2-4-13(12)17-14;/h1-8,14,16H,9H2;1H. The van der Waals surface area contributed by atoms with Gasteiger partial charge in [0.1, 0.15) is 11.9 Å². The molecule has 94 valence electrons. The Kier molecular flexibility index (Phi) is 4.15. The summed E-state index contributed by atoms with van der Waals surface area (Å²) in [6.45, 7) is 0.804. The van der Waals surface area contributed by atoms with Gasteiger partial charge in [-0.1, -0.05) is 40.2 Å². The highest BCUT2D eigenvalue weighted by Gasteiger charge is 2.19. The molecular weight excluding hydrogens is 314 g/mol. The monoisotopic (exact) mass is 325 g/mol. The minimum atomic E-state index is 0. The van der Waals surface area contributed by atoms with Crippen LogP contribution in [0.3, 0.4) is 0 Å². The van der Waals surface area contributed by atoms with E-state index in [-0.39, 0.29) is 18.5 Å². The molecule has 0 saturated carbocycles. The summed E-state index contributed by atoms with van der Waals surface area (Å²) in [4.78, 5) is 0. The Labute approximate surface area is 121 Å². The highest BCUT2D eigenvalue weighted by Crippen LogP contribution is 2.33. The largest absolute Gasteiger partial charge is 0.482 e. The van der Waals surface area contributed by atoms with Crippen molar-refractivity contribution in [2.45, 2.75) is 6.10 Å². The van der Waals surface area contributed by atoms with Gasteiger partial charge in [0.15, 0.2) is 0 Å². The molecule has 18 heavy (non-hydrogen) atoms. The van der Waals surface area contributed by atoms with E-state index in [0.29, 0.717) is 0 Å². The van der Waals surface area contributed by atoms with Crippen LogP contribution < -0.4 is 10.1 Å². The number of benzene rings is 2. The maximum Gasteiger partial charge on any atom is 0.143 e. The lowest BCUT2D eigenvalue weighted by Crippen LogP contribution is -2.23. The summed E-state index contributed by atoms with van der Waals surface area (Å²) >= 11 is 3.44. The number of ether oxygens (including phenoxy) is 1. The summed E-state index contributed by atoms with van der Waals surface area (Å²) < 4.78 is 7.07. The molecule has 2 aromatic carbocycles. The molecule has 1 aliphatic heterocycles. The molecule has 0 aliphatic carbocycles. The fourth-order valence-electron chi connectivity index (χ4n) is 1.98. The molecule has 3 rings (SSSR count). The SMILES string of the molecule is Brc1ccc(C2CNc3ccccc3O2)cc1.Cl. The van der Waals surface area contributed by atoms with E-state index in [1.807, 2.05) is 36.4 Å². The predicted octanol–water partition coefficient (Wildman–Crippen LogP) is 4.42. The lowest BCUT2D eigenvalue weighted by Gasteiger charge is -2.27. The zero-order chi connectivity index (χ0) is 11.7. The zero-order valence-corrected chi connectivity index (χ0v) is 12.0. The van der Waals surface area contributed by atoms with Gasteiger partial charge in [-0.3, -0.25) is 0 Å². The smallest absolute Gasteiger partial charge is 0.143 e. The molecule has 1 unspecified atom stereocenters. The summed E-state index contributed by atoms with van der Waals surface area (Å²) in [5.74, 6) is 0.923. The fraction of sp³-hybridized carbons (Fsp3) is 0.143. The van der Waals surface area contributed by atoms with E-state index in [1.165, 1.54) is 5.56 Å². The van der Waals surface area contributed by atoms with Crippen molar-refractivity contribution in [2.24, 2.45) is 0 Å². The number of nitrogens with one attached hydrogen (secondary N) is 1. The van der Waals surface area contributed by atoms with Gasteiger partial charge in [-0.15, -0.1) is 12.4 Å². The third-order valence-corrected chi connectivity index (χ3v) is 3.40. The van der Waals surface area contributed by atoms with E-state index in [9.17, 15) is 0 Å². The van der Waals surface area contributed by atoms with E-state index in [0.717, 1.165) is 22.5 Å². The molecule has 1 aliphatic rings. The lowest BCUT2D eigenvalue weighted by molar-refractivity contribution is 0.210. The highest BCUT2D eigenvalue weighted by molar-refractivity contribution is 9.10. The summed E-state index contributed by atoms with van der Waals surface area (Å²) in [6.07, 6.45) is 0.0815. The Morgan fingerprint density at radius 1 is 1.06 bits per heavy atom. The second kappa shape index (κ2) is 5.63. The number of halogens is 2. The summed E-state index contributed by atoms with van der Waals surface area (Å²) in [5.41, 5.74) is 2.26. The Morgan fingerprint density at radius 2 is 1.78 bits per heavy atom. The van der Waals surface area contributed by atoms with Gasteiger partial charge in [0.2, 0.25) is 0 Å². The summed E-state index contributed by atoms with van der Waals surface area (Å²) in [7, 11) is 0. The van der Waals surface area contributed by atoms with Crippen molar-refractivity contribution in [3.05, 3.63) is 58.6 Å². The van der Waals surface area contributed by atoms with Gasteiger partial charge >= 0.3 is 0 Å². The van der Waals surface area contributed by atoms with E-state index in [1.54, 1.807) is 0 Å². The van der Waals surface area contributed by atoms with Crippen molar-refractivity contribution in [3.8, 4) is 5.75 Å². The highest BCUT2D eigenvalue weighted by atomic mass is 79.9.